The van der Waals surface area contributed by atoms with Crippen LogP contribution in [-0.2, 0) is 17.4 Å². The molecular formula is C32H32O4. The lowest BCUT2D eigenvalue weighted by Crippen LogP contribution is -2.23. The normalized spacial score (nSPS) is 11.8. The van der Waals surface area contributed by atoms with Crippen molar-refractivity contribution in [1.82, 2.24) is 0 Å². The lowest BCUT2D eigenvalue weighted by Gasteiger charge is -2.31. The largest absolute Gasteiger partial charge is 0.507 e. The number of hydrogen-bond donors (Lipinski definition) is 2. The molecule has 0 aliphatic carbocycles. The molecule has 0 bridgehead atoms. The number of rotatable bonds is 8. The molecule has 0 aliphatic heterocycles. The molecule has 4 aromatic rings. The van der Waals surface area contributed by atoms with E-state index in [9.17, 15) is 15.0 Å². The van der Waals surface area contributed by atoms with E-state index in [-0.39, 0.29) is 28.7 Å². The van der Waals surface area contributed by atoms with Crippen molar-refractivity contribution in [1.29, 1.82) is 0 Å². The molecule has 0 aliphatic rings. The number of carboxylic acids is 1. The Bertz CT molecular complexity index is 1290. The second kappa shape index (κ2) is 9.90. The maximum absolute atomic E-state index is 11.4. The van der Waals surface area contributed by atoms with E-state index < -0.39 is 5.97 Å². The Kier molecular flexibility index (Phi) is 6.89. The van der Waals surface area contributed by atoms with Gasteiger partial charge in [0.15, 0.2) is 0 Å². The summed E-state index contributed by atoms with van der Waals surface area (Å²) in [5.41, 5.74) is 4.31. The fraction of sp³-hybridized carbons (Fsp3) is 0.219. The lowest BCUT2D eigenvalue weighted by atomic mass is 9.73. The smallest absolute Gasteiger partial charge is 0.339 e. The second-order valence-electron chi connectivity index (χ2n) is 10.1. The molecule has 184 valence electrons. The molecule has 0 aromatic heterocycles. The summed E-state index contributed by atoms with van der Waals surface area (Å²) in [6.45, 7) is 8.84. The molecule has 4 heteroatoms. The maximum Gasteiger partial charge on any atom is 0.339 e. The number of aromatic hydroxyl groups is 1. The predicted octanol–water partition coefficient (Wildman–Crippen LogP) is 7.32. The molecule has 0 atom stereocenters. The van der Waals surface area contributed by atoms with Crippen molar-refractivity contribution in [3.8, 4) is 11.5 Å². The Morgan fingerprint density at radius 2 is 1.19 bits per heavy atom. The van der Waals surface area contributed by atoms with E-state index in [0.717, 1.165) is 11.1 Å². The van der Waals surface area contributed by atoms with Gasteiger partial charge in [-0.25, -0.2) is 4.79 Å². The van der Waals surface area contributed by atoms with Gasteiger partial charge in [-0.05, 0) is 40.5 Å². The Morgan fingerprint density at radius 1 is 0.694 bits per heavy atom. The minimum Gasteiger partial charge on any atom is -0.507 e. The molecule has 0 saturated heterocycles. The molecular weight excluding hydrogens is 448 g/mol. The predicted molar refractivity (Wildman–Crippen MR) is 143 cm³/mol. The average molecular weight is 481 g/mol. The van der Waals surface area contributed by atoms with Crippen molar-refractivity contribution in [2.75, 3.05) is 0 Å². The van der Waals surface area contributed by atoms with E-state index in [0.29, 0.717) is 11.3 Å². The van der Waals surface area contributed by atoms with Crippen molar-refractivity contribution in [2.45, 2.75) is 45.1 Å². The van der Waals surface area contributed by atoms with Gasteiger partial charge in [-0.1, -0.05) is 107 Å². The number of benzene rings is 4. The first-order valence-electron chi connectivity index (χ1n) is 12.0. The van der Waals surface area contributed by atoms with Crippen LogP contribution >= 0.6 is 0 Å². The third-order valence-corrected chi connectivity index (χ3v) is 7.09. The highest BCUT2D eigenvalue weighted by Crippen LogP contribution is 2.39. The minimum atomic E-state index is -1.17. The highest BCUT2D eigenvalue weighted by atomic mass is 16.5. The third-order valence-electron chi connectivity index (χ3n) is 7.09. The monoisotopic (exact) mass is 480 g/mol. The van der Waals surface area contributed by atoms with E-state index in [4.69, 9.17) is 4.74 Å². The number of phenols is 1. The SMILES string of the molecule is CC(C)(c1ccccc1)c1cc(OCc2cccc(C(=O)O)c2O)cc(C(C)(C)c2ccccc2)c1. The molecule has 0 unspecified atom stereocenters. The molecule has 0 saturated carbocycles. The average Bonchev–Trinajstić information content (AvgIpc) is 2.88. The van der Waals surface area contributed by atoms with Gasteiger partial charge in [0.05, 0.1) is 0 Å². The molecule has 0 radical (unpaired) electrons. The van der Waals surface area contributed by atoms with Crippen LogP contribution in [0.3, 0.4) is 0 Å². The second-order valence-corrected chi connectivity index (χ2v) is 10.1. The Labute approximate surface area is 212 Å². The van der Waals surface area contributed by atoms with Crippen LogP contribution in [0.2, 0.25) is 0 Å². The summed E-state index contributed by atoms with van der Waals surface area (Å²) in [5.74, 6) is -0.779. The van der Waals surface area contributed by atoms with Gasteiger partial charge < -0.3 is 14.9 Å². The van der Waals surface area contributed by atoms with Crippen molar-refractivity contribution in [2.24, 2.45) is 0 Å². The summed E-state index contributed by atoms with van der Waals surface area (Å²) in [6, 6.07) is 31.7. The first kappa shape index (κ1) is 25.1. The van der Waals surface area contributed by atoms with Gasteiger partial charge in [-0.2, -0.15) is 0 Å². The lowest BCUT2D eigenvalue weighted by molar-refractivity contribution is 0.0693. The van der Waals surface area contributed by atoms with Gasteiger partial charge in [0.2, 0.25) is 0 Å². The maximum atomic E-state index is 11.4. The first-order valence-corrected chi connectivity index (χ1v) is 12.0. The third kappa shape index (κ3) is 4.99. The van der Waals surface area contributed by atoms with Crippen LogP contribution in [0.1, 0.15) is 65.9 Å². The zero-order valence-electron chi connectivity index (χ0n) is 21.2. The van der Waals surface area contributed by atoms with Crippen molar-refractivity contribution in [3.63, 3.8) is 0 Å². The van der Waals surface area contributed by atoms with Crippen LogP contribution in [0.5, 0.6) is 11.5 Å². The van der Waals surface area contributed by atoms with E-state index >= 15 is 0 Å². The minimum absolute atomic E-state index is 0.0490. The zero-order chi connectivity index (χ0) is 25.9. The van der Waals surface area contributed by atoms with Crippen molar-refractivity contribution >= 4 is 5.97 Å². The highest BCUT2D eigenvalue weighted by Gasteiger charge is 2.29. The standard InChI is InChI=1S/C32H32O4/c1-31(2,23-13-7-5-8-14-23)25-18-26(32(3,4)24-15-9-6-10-16-24)20-27(19-25)36-21-22-12-11-17-28(29(22)33)30(34)35/h5-20,33H,21H2,1-4H3,(H,34,35). The molecule has 0 heterocycles. The number of ether oxygens (including phenoxy) is 1. The van der Waals surface area contributed by atoms with E-state index in [1.165, 1.54) is 17.2 Å². The summed E-state index contributed by atoms with van der Waals surface area (Å²) < 4.78 is 6.20. The summed E-state index contributed by atoms with van der Waals surface area (Å²) in [6.07, 6.45) is 0. The quantitative estimate of drug-likeness (QED) is 0.277. The number of para-hydroxylation sites is 1. The summed E-state index contributed by atoms with van der Waals surface area (Å²) in [4.78, 5) is 11.4. The van der Waals surface area contributed by atoms with Gasteiger partial charge in [-0.15, -0.1) is 0 Å². The fourth-order valence-electron chi connectivity index (χ4n) is 4.49. The van der Waals surface area contributed by atoms with Crippen LogP contribution in [0.15, 0.2) is 97.1 Å². The topological polar surface area (TPSA) is 66.8 Å². The Balaban J connectivity index is 1.78. The fourth-order valence-corrected chi connectivity index (χ4v) is 4.49. The molecule has 4 nitrogen and oxygen atoms in total. The molecule has 36 heavy (non-hydrogen) atoms. The van der Waals surface area contributed by atoms with E-state index in [1.807, 2.05) is 48.5 Å². The van der Waals surface area contributed by atoms with Crippen LogP contribution < -0.4 is 4.74 Å². The van der Waals surface area contributed by atoms with Gasteiger partial charge in [-0.3, -0.25) is 0 Å². The Hall–Kier alpha value is -4.05. The van der Waals surface area contributed by atoms with E-state index in [2.05, 4.69) is 58.0 Å². The number of carbonyl (C=O) groups is 1. The summed E-state index contributed by atoms with van der Waals surface area (Å²) in [7, 11) is 0. The summed E-state index contributed by atoms with van der Waals surface area (Å²) in [5, 5.41) is 19.8. The molecule has 4 aromatic carbocycles. The molecule has 0 amide bonds. The molecule has 0 fully saturated rings. The van der Waals surface area contributed by atoms with Crippen molar-refractivity contribution < 1.29 is 19.7 Å². The molecule has 0 spiro atoms. The van der Waals surface area contributed by atoms with Gasteiger partial charge in [0.25, 0.3) is 0 Å². The molecule has 2 N–H and O–H groups in total. The van der Waals surface area contributed by atoms with Crippen LogP contribution in [-0.4, -0.2) is 16.2 Å². The van der Waals surface area contributed by atoms with Gasteiger partial charge in [0.1, 0.15) is 23.7 Å². The number of aromatic carboxylic acids is 1. The number of hydrogen-bond acceptors (Lipinski definition) is 3. The zero-order valence-corrected chi connectivity index (χ0v) is 21.2. The molecule has 4 rings (SSSR count). The summed E-state index contributed by atoms with van der Waals surface area (Å²) >= 11 is 0. The Morgan fingerprint density at radius 3 is 1.67 bits per heavy atom. The van der Waals surface area contributed by atoms with Crippen LogP contribution in [0, 0.1) is 0 Å². The first-order chi connectivity index (χ1) is 17.1. The number of carboxylic acid groups (broad SMARTS) is 1. The van der Waals surface area contributed by atoms with Crippen LogP contribution in [0.25, 0.3) is 0 Å². The van der Waals surface area contributed by atoms with Gasteiger partial charge >= 0.3 is 5.97 Å². The van der Waals surface area contributed by atoms with Gasteiger partial charge in [0, 0.05) is 16.4 Å². The van der Waals surface area contributed by atoms with E-state index in [1.54, 1.807) is 12.1 Å². The van der Waals surface area contributed by atoms with Crippen molar-refractivity contribution in [3.05, 3.63) is 130 Å². The van der Waals surface area contributed by atoms with Crippen LogP contribution in [0.4, 0.5) is 0 Å². The highest BCUT2D eigenvalue weighted by molar-refractivity contribution is 5.91.